The first-order valence-electron chi connectivity index (χ1n) is 9.06. The van der Waals surface area contributed by atoms with Crippen LogP contribution in [0, 0.1) is 13.8 Å². The van der Waals surface area contributed by atoms with Crippen LogP contribution in [0.2, 0.25) is 0 Å². The fraction of sp³-hybridized carbons (Fsp3) is 0.333. The number of carbonyl (C=O) groups excluding carboxylic acids is 1. The summed E-state index contributed by atoms with van der Waals surface area (Å²) in [6.07, 6.45) is 2.43. The van der Waals surface area contributed by atoms with Gasteiger partial charge in [0, 0.05) is 54.4 Å². The number of aryl methyl sites for hydroxylation is 3. The van der Waals surface area contributed by atoms with Gasteiger partial charge in [-0.15, -0.1) is 0 Å². The van der Waals surface area contributed by atoms with Crippen LogP contribution in [-0.4, -0.2) is 22.6 Å². The van der Waals surface area contributed by atoms with E-state index in [4.69, 9.17) is 10.5 Å². The van der Waals surface area contributed by atoms with Gasteiger partial charge < -0.3 is 20.4 Å². The molecule has 27 heavy (non-hydrogen) atoms. The van der Waals surface area contributed by atoms with Crippen molar-refractivity contribution in [3.63, 3.8) is 0 Å². The summed E-state index contributed by atoms with van der Waals surface area (Å²) in [5.74, 6) is 0.380. The van der Waals surface area contributed by atoms with E-state index < -0.39 is 0 Å². The number of pyridine rings is 1. The van der Waals surface area contributed by atoms with Gasteiger partial charge in [-0.05, 0) is 37.1 Å². The molecule has 0 aliphatic heterocycles. The van der Waals surface area contributed by atoms with Gasteiger partial charge in [-0.3, -0.25) is 4.79 Å². The first kappa shape index (κ1) is 18.9. The Hall–Kier alpha value is -2.86. The Balaban J connectivity index is 1.77. The number of primary amides is 1. The first-order chi connectivity index (χ1) is 13.0. The quantitative estimate of drug-likeness (QED) is 0.642. The Morgan fingerprint density at radius 1 is 1.26 bits per heavy atom. The van der Waals surface area contributed by atoms with Crippen LogP contribution in [0.15, 0.2) is 36.5 Å². The van der Waals surface area contributed by atoms with Crippen molar-refractivity contribution in [3.05, 3.63) is 58.9 Å². The zero-order chi connectivity index (χ0) is 19.4. The summed E-state index contributed by atoms with van der Waals surface area (Å²) in [6, 6.07) is 10.3. The van der Waals surface area contributed by atoms with Crippen LogP contribution in [-0.2, 0) is 24.4 Å². The highest BCUT2D eigenvalue weighted by molar-refractivity contribution is 5.84. The van der Waals surface area contributed by atoms with Crippen molar-refractivity contribution in [1.82, 2.24) is 14.9 Å². The summed E-state index contributed by atoms with van der Waals surface area (Å²) in [5, 5.41) is 4.68. The number of fused-ring (bicyclic) bond motifs is 1. The Morgan fingerprint density at radius 3 is 2.78 bits per heavy atom. The molecule has 0 radical (unpaired) electrons. The minimum absolute atomic E-state index is 0.290. The third-order valence-electron chi connectivity index (χ3n) is 4.72. The molecule has 0 spiro atoms. The first-order valence-corrected chi connectivity index (χ1v) is 9.06. The van der Waals surface area contributed by atoms with Gasteiger partial charge in [0.05, 0.1) is 7.11 Å². The van der Waals surface area contributed by atoms with Gasteiger partial charge in [0.1, 0.15) is 0 Å². The molecule has 0 atom stereocenters. The number of rotatable bonds is 8. The Bertz CT molecular complexity index is 962. The predicted molar refractivity (Wildman–Crippen MR) is 107 cm³/mol. The monoisotopic (exact) mass is 366 g/mol. The predicted octanol–water partition coefficient (Wildman–Crippen LogP) is 2.83. The highest BCUT2D eigenvalue weighted by atomic mass is 16.5. The van der Waals surface area contributed by atoms with E-state index in [-0.39, 0.29) is 5.91 Å². The average molecular weight is 366 g/mol. The molecule has 2 heterocycles. The van der Waals surface area contributed by atoms with Crippen LogP contribution in [0.4, 0.5) is 0 Å². The molecule has 1 amide bonds. The average Bonchev–Trinajstić information content (AvgIpc) is 2.99. The lowest BCUT2D eigenvalue weighted by Crippen LogP contribution is -2.15. The molecule has 0 saturated heterocycles. The number of nitrogens with zero attached hydrogens (tertiary/aromatic N) is 2. The van der Waals surface area contributed by atoms with Crippen molar-refractivity contribution in [2.75, 3.05) is 7.11 Å². The largest absolute Gasteiger partial charge is 0.481 e. The summed E-state index contributed by atoms with van der Waals surface area (Å²) < 4.78 is 7.53. The van der Waals surface area contributed by atoms with Gasteiger partial charge in [0.25, 0.3) is 0 Å². The van der Waals surface area contributed by atoms with Crippen LogP contribution < -0.4 is 15.8 Å². The molecule has 0 bridgehead atoms. The Morgan fingerprint density at radius 2 is 2.04 bits per heavy atom. The fourth-order valence-electron chi connectivity index (χ4n) is 3.41. The molecule has 0 aliphatic rings. The standard InChI is InChI=1S/C21H26N4O2/c1-14-10-15(2)24-21(27-3)18(14)12-23-11-16-13-25(9-8-20(22)26)19-7-5-4-6-17(16)19/h4-7,10,13,23H,8-9,11-12H2,1-3H3,(H2,22,26). The number of aromatic nitrogens is 2. The number of ether oxygens (including phenoxy) is 1. The maximum atomic E-state index is 11.1. The molecule has 3 aromatic rings. The van der Waals surface area contributed by atoms with Crippen molar-refractivity contribution >= 4 is 16.8 Å². The minimum Gasteiger partial charge on any atom is -0.481 e. The smallest absolute Gasteiger partial charge is 0.219 e. The van der Waals surface area contributed by atoms with Gasteiger partial charge in [0.2, 0.25) is 11.8 Å². The maximum Gasteiger partial charge on any atom is 0.219 e. The molecule has 0 aliphatic carbocycles. The van der Waals surface area contributed by atoms with Crippen LogP contribution in [0.3, 0.4) is 0 Å². The van der Waals surface area contributed by atoms with E-state index in [1.165, 1.54) is 10.9 Å². The van der Waals surface area contributed by atoms with E-state index in [0.29, 0.717) is 31.9 Å². The molecule has 0 saturated carbocycles. The number of para-hydroxylation sites is 1. The van der Waals surface area contributed by atoms with E-state index >= 15 is 0 Å². The molecule has 142 valence electrons. The third-order valence-corrected chi connectivity index (χ3v) is 4.72. The van der Waals surface area contributed by atoms with Crippen molar-refractivity contribution < 1.29 is 9.53 Å². The lowest BCUT2D eigenvalue weighted by Gasteiger charge is -2.12. The van der Waals surface area contributed by atoms with Crippen LogP contribution in [0.5, 0.6) is 5.88 Å². The number of nitrogens with two attached hydrogens (primary N) is 1. The number of carbonyl (C=O) groups is 1. The lowest BCUT2D eigenvalue weighted by atomic mass is 10.1. The normalized spacial score (nSPS) is 11.1. The van der Waals surface area contributed by atoms with Crippen LogP contribution in [0.25, 0.3) is 10.9 Å². The molecule has 1 aromatic carbocycles. The van der Waals surface area contributed by atoms with Gasteiger partial charge in [-0.25, -0.2) is 4.98 Å². The molecule has 6 heteroatoms. The van der Waals surface area contributed by atoms with Crippen LogP contribution in [0.1, 0.15) is 28.8 Å². The van der Waals surface area contributed by atoms with Gasteiger partial charge in [-0.1, -0.05) is 18.2 Å². The number of amides is 1. The molecule has 2 aromatic heterocycles. The van der Waals surface area contributed by atoms with Crippen molar-refractivity contribution in [2.45, 2.75) is 39.9 Å². The highest BCUT2D eigenvalue weighted by Gasteiger charge is 2.11. The molecular weight excluding hydrogens is 340 g/mol. The second-order valence-electron chi connectivity index (χ2n) is 6.75. The fourth-order valence-corrected chi connectivity index (χ4v) is 3.41. The molecule has 6 nitrogen and oxygen atoms in total. The summed E-state index contributed by atoms with van der Waals surface area (Å²) in [6.45, 7) is 6.01. The molecule has 3 rings (SSSR count). The van der Waals surface area contributed by atoms with E-state index in [2.05, 4.69) is 46.2 Å². The van der Waals surface area contributed by atoms with E-state index in [0.717, 1.165) is 22.3 Å². The Kier molecular flexibility index (Phi) is 5.76. The van der Waals surface area contributed by atoms with Gasteiger partial charge in [-0.2, -0.15) is 0 Å². The topological polar surface area (TPSA) is 82.2 Å². The molecule has 0 fully saturated rings. The van der Waals surface area contributed by atoms with Gasteiger partial charge >= 0.3 is 0 Å². The second kappa shape index (κ2) is 8.22. The molecular formula is C21H26N4O2. The lowest BCUT2D eigenvalue weighted by molar-refractivity contribution is -0.118. The van der Waals surface area contributed by atoms with E-state index in [1.807, 2.05) is 19.1 Å². The zero-order valence-electron chi connectivity index (χ0n) is 16.1. The van der Waals surface area contributed by atoms with Gasteiger partial charge in [0.15, 0.2) is 0 Å². The van der Waals surface area contributed by atoms with Crippen molar-refractivity contribution in [2.24, 2.45) is 5.73 Å². The number of nitrogens with one attached hydrogen (secondary N) is 1. The van der Waals surface area contributed by atoms with E-state index in [1.54, 1.807) is 7.11 Å². The van der Waals surface area contributed by atoms with E-state index in [9.17, 15) is 4.79 Å². The third kappa shape index (κ3) is 4.28. The maximum absolute atomic E-state index is 11.1. The Labute approximate surface area is 159 Å². The number of benzene rings is 1. The summed E-state index contributed by atoms with van der Waals surface area (Å²) >= 11 is 0. The number of hydrogen-bond donors (Lipinski definition) is 2. The molecule has 3 N–H and O–H groups in total. The second-order valence-corrected chi connectivity index (χ2v) is 6.75. The highest BCUT2D eigenvalue weighted by Crippen LogP contribution is 2.23. The van der Waals surface area contributed by atoms with Crippen molar-refractivity contribution in [1.29, 1.82) is 0 Å². The number of hydrogen-bond acceptors (Lipinski definition) is 4. The summed E-state index contributed by atoms with van der Waals surface area (Å²) in [7, 11) is 1.65. The zero-order valence-corrected chi connectivity index (χ0v) is 16.1. The number of methoxy groups -OCH3 is 1. The van der Waals surface area contributed by atoms with Crippen molar-refractivity contribution in [3.8, 4) is 5.88 Å². The van der Waals surface area contributed by atoms with Crippen LogP contribution >= 0.6 is 0 Å². The molecule has 0 unspecified atom stereocenters. The summed E-state index contributed by atoms with van der Waals surface area (Å²) in [5.41, 5.74) is 10.8. The minimum atomic E-state index is -0.290. The SMILES string of the molecule is COc1nc(C)cc(C)c1CNCc1cn(CCC(N)=O)c2ccccc12. The summed E-state index contributed by atoms with van der Waals surface area (Å²) in [4.78, 5) is 15.6.